The molecule has 1 unspecified atom stereocenters. The van der Waals surface area contributed by atoms with Crippen LogP contribution in [0.25, 0.3) is 0 Å². The average molecular weight is 210 g/mol. The molecule has 1 atom stereocenters. The van der Waals surface area contributed by atoms with E-state index in [-0.39, 0.29) is 6.10 Å². The van der Waals surface area contributed by atoms with Crippen LogP contribution in [0, 0.1) is 0 Å². The minimum Gasteiger partial charge on any atom is -0.481 e. The molecular formula is C11H18N2O2. The molecule has 0 fully saturated rings. The summed E-state index contributed by atoms with van der Waals surface area (Å²) in [5.74, 6) is 1.37. The summed E-state index contributed by atoms with van der Waals surface area (Å²) in [6.07, 6.45) is 1.28. The van der Waals surface area contributed by atoms with Crippen LogP contribution in [-0.4, -0.2) is 29.8 Å². The van der Waals surface area contributed by atoms with Gasteiger partial charge in [0, 0.05) is 12.6 Å². The van der Waals surface area contributed by atoms with Crippen molar-refractivity contribution in [3.05, 3.63) is 18.2 Å². The van der Waals surface area contributed by atoms with Gasteiger partial charge in [-0.25, -0.2) is 0 Å². The van der Waals surface area contributed by atoms with E-state index in [1.165, 1.54) is 0 Å². The van der Waals surface area contributed by atoms with Gasteiger partial charge in [0.05, 0.1) is 13.2 Å². The zero-order valence-electron chi connectivity index (χ0n) is 9.23. The summed E-state index contributed by atoms with van der Waals surface area (Å²) in [5.41, 5.74) is 0. The summed E-state index contributed by atoms with van der Waals surface area (Å²) in [6.45, 7) is 2.68. The lowest BCUT2D eigenvalue weighted by atomic mass is 10.2. The average Bonchev–Trinajstić information content (AvgIpc) is 2.29. The lowest BCUT2D eigenvalue weighted by molar-refractivity contribution is 0.164. The zero-order chi connectivity index (χ0) is 11.1. The number of nitrogens with zero attached hydrogens (tertiary/aromatic N) is 1. The van der Waals surface area contributed by atoms with Gasteiger partial charge in [0.1, 0.15) is 5.82 Å². The van der Waals surface area contributed by atoms with Crippen molar-refractivity contribution >= 4 is 5.82 Å². The number of aliphatic hydroxyl groups excluding tert-OH is 1. The van der Waals surface area contributed by atoms with E-state index < -0.39 is 0 Å². The topological polar surface area (TPSA) is 54.4 Å². The molecule has 0 aliphatic carbocycles. The summed E-state index contributed by atoms with van der Waals surface area (Å²) < 4.78 is 5.00. The molecule has 0 bridgehead atoms. The summed E-state index contributed by atoms with van der Waals surface area (Å²) >= 11 is 0. The van der Waals surface area contributed by atoms with Crippen LogP contribution in [0.4, 0.5) is 5.82 Å². The summed E-state index contributed by atoms with van der Waals surface area (Å²) in [4.78, 5) is 4.20. The van der Waals surface area contributed by atoms with Gasteiger partial charge < -0.3 is 15.2 Å². The zero-order valence-corrected chi connectivity index (χ0v) is 9.23. The summed E-state index contributed by atoms with van der Waals surface area (Å²) in [7, 11) is 1.59. The number of pyridine rings is 1. The third kappa shape index (κ3) is 4.16. The number of aromatic nitrogens is 1. The van der Waals surface area contributed by atoms with Gasteiger partial charge in [0.2, 0.25) is 5.88 Å². The van der Waals surface area contributed by atoms with Crippen LogP contribution in [-0.2, 0) is 0 Å². The van der Waals surface area contributed by atoms with Crippen LogP contribution in [0.3, 0.4) is 0 Å². The number of ether oxygens (including phenoxy) is 1. The van der Waals surface area contributed by atoms with Crippen LogP contribution in [0.5, 0.6) is 5.88 Å². The molecule has 0 aromatic carbocycles. The highest BCUT2D eigenvalue weighted by atomic mass is 16.5. The van der Waals surface area contributed by atoms with Crippen LogP contribution in [0.1, 0.15) is 19.8 Å². The van der Waals surface area contributed by atoms with E-state index >= 15 is 0 Å². The molecule has 1 aromatic rings. The fraction of sp³-hybridized carbons (Fsp3) is 0.545. The highest BCUT2D eigenvalue weighted by Crippen LogP contribution is 2.10. The van der Waals surface area contributed by atoms with Crippen LogP contribution < -0.4 is 10.1 Å². The Balaban J connectivity index is 2.37. The Labute approximate surface area is 90.3 Å². The van der Waals surface area contributed by atoms with Crippen molar-refractivity contribution in [3.63, 3.8) is 0 Å². The molecule has 0 spiro atoms. The smallest absolute Gasteiger partial charge is 0.214 e. The molecule has 84 valence electrons. The van der Waals surface area contributed by atoms with Crippen LogP contribution in [0.2, 0.25) is 0 Å². The molecule has 1 aromatic heterocycles. The standard InChI is InChI=1S/C11H18N2O2/c1-3-9(14)7-8-12-10-5-4-6-11(13-10)15-2/h4-6,9,14H,3,7-8H2,1-2H3,(H,12,13). The molecule has 0 saturated carbocycles. The highest BCUT2D eigenvalue weighted by molar-refractivity contribution is 5.36. The molecule has 1 heterocycles. The predicted molar refractivity (Wildman–Crippen MR) is 60.2 cm³/mol. The number of anilines is 1. The van der Waals surface area contributed by atoms with Gasteiger partial charge in [-0.1, -0.05) is 13.0 Å². The van der Waals surface area contributed by atoms with Gasteiger partial charge in [-0.05, 0) is 18.9 Å². The van der Waals surface area contributed by atoms with Crippen LogP contribution in [0.15, 0.2) is 18.2 Å². The first-order chi connectivity index (χ1) is 7.26. The maximum atomic E-state index is 9.35. The van der Waals surface area contributed by atoms with E-state index in [0.29, 0.717) is 5.88 Å². The van der Waals surface area contributed by atoms with Crippen molar-refractivity contribution < 1.29 is 9.84 Å². The van der Waals surface area contributed by atoms with Crippen molar-refractivity contribution in [2.24, 2.45) is 0 Å². The monoisotopic (exact) mass is 210 g/mol. The number of aliphatic hydroxyl groups is 1. The molecule has 0 aliphatic rings. The first-order valence-electron chi connectivity index (χ1n) is 5.19. The Kier molecular flexibility index (Phi) is 4.90. The predicted octanol–water partition coefficient (Wildman–Crippen LogP) is 1.66. The van der Waals surface area contributed by atoms with E-state index in [0.717, 1.165) is 25.2 Å². The molecule has 4 nitrogen and oxygen atoms in total. The molecule has 1 rings (SSSR count). The molecular weight excluding hydrogens is 192 g/mol. The van der Waals surface area contributed by atoms with E-state index in [1.54, 1.807) is 13.2 Å². The maximum absolute atomic E-state index is 9.35. The normalized spacial score (nSPS) is 12.2. The van der Waals surface area contributed by atoms with Crippen molar-refractivity contribution in [1.29, 1.82) is 0 Å². The third-order valence-electron chi connectivity index (χ3n) is 2.19. The Bertz CT molecular complexity index is 292. The molecule has 2 N–H and O–H groups in total. The van der Waals surface area contributed by atoms with E-state index in [2.05, 4.69) is 10.3 Å². The summed E-state index contributed by atoms with van der Waals surface area (Å²) in [6, 6.07) is 5.55. The summed E-state index contributed by atoms with van der Waals surface area (Å²) in [5, 5.41) is 12.5. The molecule has 0 radical (unpaired) electrons. The molecule has 4 heteroatoms. The highest BCUT2D eigenvalue weighted by Gasteiger charge is 2.00. The second-order valence-corrected chi connectivity index (χ2v) is 3.34. The van der Waals surface area contributed by atoms with Gasteiger partial charge in [-0.15, -0.1) is 0 Å². The van der Waals surface area contributed by atoms with Crippen molar-refractivity contribution in [2.45, 2.75) is 25.9 Å². The third-order valence-corrected chi connectivity index (χ3v) is 2.19. The van der Waals surface area contributed by atoms with Gasteiger partial charge in [0.25, 0.3) is 0 Å². The first kappa shape index (κ1) is 11.8. The van der Waals surface area contributed by atoms with Crippen molar-refractivity contribution in [1.82, 2.24) is 4.98 Å². The molecule has 0 aliphatic heterocycles. The maximum Gasteiger partial charge on any atom is 0.214 e. The molecule has 0 amide bonds. The number of hydrogen-bond acceptors (Lipinski definition) is 4. The lowest BCUT2D eigenvalue weighted by Gasteiger charge is -2.09. The van der Waals surface area contributed by atoms with E-state index in [9.17, 15) is 5.11 Å². The Hall–Kier alpha value is -1.29. The van der Waals surface area contributed by atoms with Crippen LogP contribution >= 0.6 is 0 Å². The fourth-order valence-electron chi connectivity index (χ4n) is 1.20. The van der Waals surface area contributed by atoms with Gasteiger partial charge in [-0.2, -0.15) is 4.98 Å². The Morgan fingerprint density at radius 2 is 2.33 bits per heavy atom. The van der Waals surface area contributed by atoms with Crippen molar-refractivity contribution in [3.8, 4) is 5.88 Å². The van der Waals surface area contributed by atoms with Gasteiger partial charge >= 0.3 is 0 Å². The number of hydrogen-bond donors (Lipinski definition) is 2. The minimum absolute atomic E-state index is 0.233. The SMILES string of the molecule is CCC(O)CCNc1cccc(OC)n1. The Morgan fingerprint density at radius 1 is 1.53 bits per heavy atom. The first-order valence-corrected chi connectivity index (χ1v) is 5.19. The minimum atomic E-state index is -0.233. The second-order valence-electron chi connectivity index (χ2n) is 3.34. The fourth-order valence-corrected chi connectivity index (χ4v) is 1.20. The van der Waals surface area contributed by atoms with Gasteiger partial charge in [-0.3, -0.25) is 0 Å². The number of nitrogens with one attached hydrogen (secondary N) is 1. The molecule has 0 saturated heterocycles. The number of methoxy groups -OCH3 is 1. The Morgan fingerprint density at radius 3 is 3.00 bits per heavy atom. The van der Waals surface area contributed by atoms with E-state index in [1.807, 2.05) is 19.1 Å². The largest absolute Gasteiger partial charge is 0.481 e. The van der Waals surface area contributed by atoms with Crippen molar-refractivity contribution in [2.75, 3.05) is 19.0 Å². The van der Waals surface area contributed by atoms with Gasteiger partial charge in [0.15, 0.2) is 0 Å². The second kappa shape index (κ2) is 6.24. The quantitative estimate of drug-likeness (QED) is 0.749. The number of rotatable bonds is 6. The molecule has 15 heavy (non-hydrogen) atoms. The van der Waals surface area contributed by atoms with E-state index in [4.69, 9.17) is 4.74 Å². The lowest BCUT2D eigenvalue weighted by Crippen LogP contribution is -2.12.